The van der Waals surface area contributed by atoms with E-state index in [1.165, 1.54) is 0 Å². The minimum absolute atomic E-state index is 0.387. The van der Waals surface area contributed by atoms with Crippen LogP contribution in [0.3, 0.4) is 0 Å². The van der Waals surface area contributed by atoms with E-state index in [0.717, 1.165) is 25.3 Å². The van der Waals surface area contributed by atoms with Gasteiger partial charge < -0.3 is 4.74 Å². The Kier molecular flexibility index (Phi) is 2.09. The van der Waals surface area contributed by atoms with E-state index in [4.69, 9.17) is 4.74 Å². The van der Waals surface area contributed by atoms with Crippen molar-refractivity contribution in [2.45, 2.75) is 32.8 Å². The maximum Gasteiger partial charge on any atom is 0.183 e. The first-order valence-electron chi connectivity index (χ1n) is 3.53. The first-order chi connectivity index (χ1) is 4.33. The summed E-state index contributed by atoms with van der Waals surface area (Å²) < 4.78 is 5.39. The molecule has 1 aliphatic heterocycles. The Morgan fingerprint density at radius 1 is 1.78 bits per heavy atom. The van der Waals surface area contributed by atoms with Crippen LogP contribution < -0.4 is 0 Å². The Morgan fingerprint density at radius 3 is 3.00 bits per heavy atom. The van der Waals surface area contributed by atoms with Crippen LogP contribution in [0.2, 0.25) is 0 Å². The van der Waals surface area contributed by atoms with E-state index in [1.807, 2.05) is 0 Å². The van der Waals surface area contributed by atoms with Crippen LogP contribution in [0.1, 0.15) is 26.7 Å². The van der Waals surface area contributed by atoms with Crippen LogP contribution in [-0.4, -0.2) is 18.5 Å². The quantitative estimate of drug-likeness (QED) is 0.524. The van der Waals surface area contributed by atoms with E-state index < -0.39 is 0 Å². The van der Waals surface area contributed by atoms with Gasteiger partial charge in [-0.3, -0.25) is 4.99 Å². The van der Waals surface area contributed by atoms with Gasteiger partial charge in [0, 0.05) is 19.4 Å². The molecule has 0 aromatic rings. The van der Waals surface area contributed by atoms with Crippen molar-refractivity contribution in [1.82, 2.24) is 0 Å². The van der Waals surface area contributed by atoms with Crippen molar-refractivity contribution in [3.05, 3.63) is 0 Å². The van der Waals surface area contributed by atoms with Crippen LogP contribution in [0.4, 0.5) is 0 Å². The third kappa shape index (κ3) is 1.70. The average molecular weight is 127 g/mol. The molecule has 0 aromatic carbocycles. The van der Waals surface area contributed by atoms with Crippen LogP contribution in [0.5, 0.6) is 0 Å². The molecule has 1 aliphatic rings. The van der Waals surface area contributed by atoms with Crippen LogP contribution in [0.15, 0.2) is 4.99 Å². The molecule has 1 heterocycles. The number of ether oxygens (including phenoxy) is 1. The molecule has 0 fully saturated rings. The average Bonchev–Trinajstić information content (AvgIpc) is 1.88. The van der Waals surface area contributed by atoms with E-state index in [9.17, 15) is 0 Å². The Labute approximate surface area is 55.9 Å². The molecule has 1 rings (SSSR count). The molecule has 0 radical (unpaired) electrons. The first-order valence-corrected chi connectivity index (χ1v) is 3.53. The lowest BCUT2D eigenvalue weighted by molar-refractivity contribution is 0.180. The topological polar surface area (TPSA) is 21.6 Å². The van der Waals surface area contributed by atoms with Crippen molar-refractivity contribution < 1.29 is 4.74 Å². The molecule has 0 N–H and O–H groups in total. The minimum atomic E-state index is 0.387. The highest BCUT2D eigenvalue weighted by molar-refractivity contribution is 5.76. The van der Waals surface area contributed by atoms with Crippen molar-refractivity contribution in [1.29, 1.82) is 0 Å². The highest BCUT2D eigenvalue weighted by Gasteiger charge is 2.09. The van der Waals surface area contributed by atoms with Gasteiger partial charge >= 0.3 is 0 Å². The number of rotatable bonds is 1. The fourth-order valence-corrected chi connectivity index (χ4v) is 0.895. The predicted octanol–water partition coefficient (Wildman–Crippen LogP) is 1.60. The van der Waals surface area contributed by atoms with Gasteiger partial charge in [-0.2, -0.15) is 0 Å². The third-order valence-corrected chi connectivity index (χ3v) is 1.46. The smallest absolute Gasteiger partial charge is 0.183 e. The maximum atomic E-state index is 5.39. The molecule has 0 aromatic heterocycles. The lowest BCUT2D eigenvalue weighted by Gasteiger charge is -2.18. The van der Waals surface area contributed by atoms with Gasteiger partial charge in [-0.1, -0.05) is 6.92 Å². The summed E-state index contributed by atoms with van der Waals surface area (Å²) in [5.41, 5.74) is 0. The molecule has 0 amide bonds. The van der Waals surface area contributed by atoms with Crippen molar-refractivity contribution in [2.75, 3.05) is 6.54 Å². The van der Waals surface area contributed by atoms with E-state index in [1.54, 1.807) is 0 Å². The van der Waals surface area contributed by atoms with Gasteiger partial charge in [0.05, 0.1) is 6.10 Å². The zero-order valence-corrected chi connectivity index (χ0v) is 6.05. The normalized spacial score (nSPS) is 26.9. The first kappa shape index (κ1) is 6.59. The summed E-state index contributed by atoms with van der Waals surface area (Å²) >= 11 is 0. The molecule has 0 saturated carbocycles. The van der Waals surface area contributed by atoms with Gasteiger partial charge in [0.25, 0.3) is 0 Å². The van der Waals surface area contributed by atoms with Crippen molar-refractivity contribution in [3.63, 3.8) is 0 Å². The molecule has 0 spiro atoms. The highest BCUT2D eigenvalue weighted by Crippen LogP contribution is 2.06. The standard InChI is InChI=1S/C7H13NO/c1-3-7-8-5-4-6(2)9-7/h6H,3-5H2,1-2H3. The second-order valence-electron chi connectivity index (χ2n) is 2.35. The zero-order valence-electron chi connectivity index (χ0n) is 6.05. The lowest BCUT2D eigenvalue weighted by atomic mass is 10.2. The molecule has 9 heavy (non-hydrogen) atoms. The van der Waals surface area contributed by atoms with Crippen LogP contribution >= 0.6 is 0 Å². The second kappa shape index (κ2) is 2.85. The van der Waals surface area contributed by atoms with Crippen molar-refractivity contribution in [2.24, 2.45) is 4.99 Å². The SMILES string of the molecule is CCC1=NCCC(C)O1. The number of hydrogen-bond acceptors (Lipinski definition) is 2. The predicted molar refractivity (Wildman–Crippen MR) is 37.8 cm³/mol. The fourth-order valence-electron chi connectivity index (χ4n) is 0.895. The molecule has 0 aliphatic carbocycles. The van der Waals surface area contributed by atoms with Gasteiger partial charge in [-0.15, -0.1) is 0 Å². The summed E-state index contributed by atoms with van der Waals surface area (Å²) in [5.74, 6) is 0.925. The molecule has 2 heteroatoms. The van der Waals surface area contributed by atoms with Crippen molar-refractivity contribution >= 4 is 5.90 Å². The van der Waals surface area contributed by atoms with E-state index in [2.05, 4.69) is 18.8 Å². The molecule has 1 atom stereocenters. The second-order valence-corrected chi connectivity index (χ2v) is 2.35. The monoisotopic (exact) mass is 127 g/mol. The van der Waals surface area contributed by atoms with Crippen molar-refractivity contribution in [3.8, 4) is 0 Å². The molecule has 52 valence electrons. The Bertz CT molecular complexity index is 120. The largest absolute Gasteiger partial charge is 0.478 e. The van der Waals surface area contributed by atoms with Gasteiger partial charge in [0.2, 0.25) is 0 Å². The molecular formula is C7H13NO. The molecule has 2 nitrogen and oxygen atoms in total. The summed E-state index contributed by atoms with van der Waals surface area (Å²) in [5, 5.41) is 0. The van der Waals surface area contributed by atoms with E-state index in [0.29, 0.717) is 6.10 Å². The Balaban J connectivity index is 2.43. The summed E-state index contributed by atoms with van der Waals surface area (Å²) in [6.07, 6.45) is 2.39. The maximum absolute atomic E-state index is 5.39. The van der Waals surface area contributed by atoms with E-state index >= 15 is 0 Å². The minimum Gasteiger partial charge on any atom is -0.478 e. The fraction of sp³-hybridized carbons (Fsp3) is 0.857. The molecular weight excluding hydrogens is 114 g/mol. The molecule has 0 bridgehead atoms. The Morgan fingerprint density at radius 2 is 2.56 bits per heavy atom. The van der Waals surface area contributed by atoms with Crippen LogP contribution in [-0.2, 0) is 4.74 Å². The van der Waals surface area contributed by atoms with Gasteiger partial charge in [-0.25, -0.2) is 0 Å². The summed E-state index contributed by atoms with van der Waals surface area (Å²) in [4.78, 5) is 4.19. The van der Waals surface area contributed by atoms with Gasteiger partial charge in [-0.05, 0) is 6.92 Å². The third-order valence-electron chi connectivity index (χ3n) is 1.46. The summed E-state index contributed by atoms with van der Waals surface area (Å²) in [6.45, 7) is 5.10. The van der Waals surface area contributed by atoms with Gasteiger partial charge in [0.15, 0.2) is 5.90 Å². The summed E-state index contributed by atoms with van der Waals surface area (Å²) in [6, 6.07) is 0. The van der Waals surface area contributed by atoms with Crippen LogP contribution in [0.25, 0.3) is 0 Å². The highest BCUT2D eigenvalue weighted by atomic mass is 16.5. The number of hydrogen-bond donors (Lipinski definition) is 0. The lowest BCUT2D eigenvalue weighted by Crippen LogP contribution is -2.20. The zero-order chi connectivity index (χ0) is 6.69. The van der Waals surface area contributed by atoms with E-state index in [-0.39, 0.29) is 0 Å². The molecule has 0 saturated heterocycles. The molecule has 1 unspecified atom stereocenters. The summed E-state index contributed by atoms with van der Waals surface area (Å²) in [7, 11) is 0. The number of aliphatic imine (C=N–C) groups is 1. The van der Waals surface area contributed by atoms with Crippen LogP contribution in [0, 0.1) is 0 Å². The number of nitrogens with zero attached hydrogens (tertiary/aromatic N) is 1. The van der Waals surface area contributed by atoms with Gasteiger partial charge in [0.1, 0.15) is 0 Å². The Hall–Kier alpha value is -0.530.